The predicted molar refractivity (Wildman–Crippen MR) is 85.0 cm³/mol. The lowest BCUT2D eigenvalue weighted by Gasteiger charge is -2.19. The third kappa shape index (κ3) is 3.52. The zero-order valence-corrected chi connectivity index (χ0v) is 13.0. The Morgan fingerprint density at radius 3 is 2.43 bits per heavy atom. The van der Waals surface area contributed by atoms with Crippen molar-refractivity contribution in [2.45, 2.75) is 18.2 Å². The van der Waals surface area contributed by atoms with Crippen LogP contribution in [0, 0.1) is 0 Å². The molecule has 0 aliphatic carbocycles. The topological polar surface area (TPSA) is 62.3 Å². The van der Waals surface area contributed by atoms with Crippen molar-refractivity contribution in [1.82, 2.24) is 4.98 Å². The molecular weight excluding hydrogens is 286 g/mol. The average molecular weight is 305 g/mol. The Hall–Kier alpha value is -2.08. The van der Waals surface area contributed by atoms with E-state index in [1.165, 1.54) is 17.5 Å². The average Bonchev–Trinajstić information content (AvgIpc) is 2.53. The number of hydrogen-bond donors (Lipinski definition) is 1. The normalized spacial score (nSPS) is 11.1. The molecule has 0 bridgehead atoms. The van der Waals surface area contributed by atoms with Crippen molar-refractivity contribution in [2.75, 3.05) is 23.2 Å². The molecule has 6 heteroatoms. The van der Waals surface area contributed by atoms with E-state index in [0.717, 1.165) is 13.0 Å². The highest BCUT2D eigenvalue weighted by Crippen LogP contribution is 2.21. The molecule has 1 aromatic heterocycles. The van der Waals surface area contributed by atoms with Crippen LogP contribution in [0.4, 0.5) is 11.5 Å². The first-order valence-electron chi connectivity index (χ1n) is 6.79. The molecule has 21 heavy (non-hydrogen) atoms. The number of anilines is 2. The van der Waals surface area contributed by atoms with Crippen LogP contribution in [0.15, 0.2) is 53.6 Å². The first kappa shape index (κ1) is 15.3. The van der Waals surface area contributed by atoms with Crippen LogP contribution in [0.3, 0.4) is 0 Å². The van der Waals surface area contributed by atoms with E-state index in [2.05, 4.69) is 17.2 Å². The molecule has 0 saturated carbocycles. The third-order valence-electron chi connectivity index (χ3n) is 3.07. The highest BCUT2D eigenvalue weighted by atomic mass is 32.2. The van der Waals surface area contributed by atoms with Crippen LogP contribution < -0.4 is 9.62 Å². The second-order valence-electron chi connectivity index (χ2n) is 4.61. The summed E-state index contributed by atoms with van der Waals surface area (Å²) in [6, 6.07) is 12.2. The second-order valence-corrected chi connectivity index (χ2v) is 6.58. The van der Waals surface area contributed by atoms with E-state index in [4.69, 9.17) is 0 Å². The van der Waals surface area contributed by atoms with Gasteiger partial charge in [0.15, 0.2) is 0 Å². The number of nitrogens with one attached hydrogen (secondary N) is 1. The van der Waals surface area contributed by atoms with E-state index in [1.807, 2.05) is 6.07 Å². The lowest BCUT2D eigenvalue weighted by molar-refractivity contribution is 0.594. The van der Waals surface area contributed by atoms with Crippen molar-refractivity contribution >= 4 is 21.5 Å². The van der Waals surface area contributed by atoms with Crippen LogP contribution in [0.25, 0.3) is 0 Å². The first-order chi connectivity index (χ1) is 10.1. The summed E-state index contributed by atoms with van der Waals surface area (Å²) in [4.78, 5) is 4.32. The number of sulfonamides is 1. The number of nitrogens with zero attached hydrogens (tertiary/aromatic N) is 2. The van der Waals surface area contributed by atoms with Crippen LogP contribution in [0.2, 0.25) is 0 Å². The molecular formula is C15H19N3O2S. The molecule has 1 N–H and O–H groups in total. The van der Waals surface area contributed by atoms with Gasteiger partial charge in [-0.15, -0.1) is 0 Å². The molecule has 0 saturated heterocycles. The molecule has 0 spiro atoms. The van der Waals surface area contributed by atoms with Gasteiger partial charge < -0.3 is 5.32 Å². The van der Waals surface area contributed by atoms with Crippen molar-refractivity contribution in [3.63, 3.8) is 0 Å². The number of para-hydroxylation sites is 1. The van der Waals surface area contributed by atoms with Crippen LogP contribution in [0.5, 0.6) is 0 Å². The lowest BCUT2D eigenvalue weighted by Crippen LogP contribution is -2.26. The van der Waals surface area contributed by atoms with Gasteiger partial charge in [-0.3, -0.25) is 4.31 Å². The van der Waals surface area contributed by atoms with E-state index >= 15 is 0 Å². The zero-order chi connectivity index (χ0) is 15.3. The fourth-order valence-electron chi connectivity index (χ4n) is 1.83. The molecule has 0 fully saturated rings. The smallest absolute Gasteiger partial charge is 0.265 e. The van der Waals surface area contributed by atoms with E-state index in [-0.39, 0.29) is 4.90 Å². The van der Waals surface area contributed by atoms with Crippen LogP contribution in [-0.4, -0.2) is 27.0 Å². The maximum absolute atomic E-state index is 12.5. The van der Waals surface area contributed by atoms with Crippen molar-refractivity contribution in [1.29, 1.82) is 0 Å². The molecule has 0 amide bonds. The predicted octanol–water partition coefficient (Wildman–Crippen LogP) is 2.73. The van der Waals surface area contributed by atoms with Gasteiger partial charge in [0.25, 0.3) is 10.0 Å². The van der Waals surface area contributed by atoms with E-state index in [0.29, 0.717) is 11.5 Å². The zero-order valence-electron chi connectivity index (χ0n) is 12.2. The van der Waals surface area contributed by atoms with E-state index < -0.39 is 10.0 Å². The Morgan fingerprint density at radius 1 is 1.14 bits per heavy atom. The molecule has 1 heterocycles. The molecule has 2 aromatic rings. The van der Waals surface area contributed by atoms with Crippen molar-refractivity contribution in [3.05, 3.63) is 48.7 Å². The van der Waals surface area contributed by atoms with E-state index in [1.54, 1.807) is 36.4 Å². The number of benzene rings is 1. The van der Waals surface area contributed by atoms with Crippen molar-refractivity contribution in [3.8, 4) is 0 Å². The van der Waals surface area contributed by atoms with Gasteiger partial charge in [0, 0.05) is 19.8 Å². The Morgan fingerprint density at radius 2 is 1.86 bits per heavy atom. The monoisotopic (exact) mass is 305 g/mol. The summed E-state index contributed by atoms with van der Waals surface area (Å²) in [5, 5.41) is 3.11. The van der Waals surface area contributed by atoms with E-state index in [9.17, 15) is 8.42 Å². The minimum atomic E-state index is -3.59. The highest BCUT2D eigenvalue weighted by molar-refractivity contribution is 7.92. The summed E-state index contributed by atoms with van der Waals surface area (Å²) in [7, 11) is -2.05. The standard InChI is InChI=1S/C15H19N3O2S/c1-3-11-16-15-10-9-14(12-17-15)21(19,20)18(2)13-7-5-4-6-8-13/h4-10,12H,3,11H2,1-2H3,(H,16,17). The van der Waals surface area contributed by atoms with Crippen molar-refractivity contribution < 1.29 is 8.42 Å². The van der Waals surface area contributed by atoms with Gasteiger partial charge in [-0.2, -0.15) is 0 Å². The fraction of sp³-hybridized carbons (Fsp3) is 0.267. The lowest BCUT2D eigenvalue weighted by atomic mass is 10.3. The molecule has 0 aliphatic rings. The number of aromatic nitrogens is 1. The van der Waals surface area contributed by atoms with Crippen molar-refractivity contribution in [2.24, 2.45) is 0 Å². The number of pyridine rings is 1. The Labute approximate surface area is 125 Å². The summed E-state index contributed by atoms with van der Waals surface area (Å²) in [6.45, 7) is 2.86. The largest absolute Gasteiger partial charge is 0.370 e. The minimum Gasteiger partial charge on any atom is -0.370 e. The van der Waals surface area contributed by atoms with Gasteiger partial charge >= 0.3 is 0 Å². The van der Waals surface area contributed by atoms with Gasteiger partial charge in [-0.05, 0) is 30.7 Å². The number of hydrogen-bond acceptors (Lipinski definition) is 4. The molecule has 0 unspecified atom stereocenters. The summed E-state index contributed by atoms with van der Waals surface area (Å²) in [6.07, 6.45) is 2.37. The molecule has 1 aromatic carbocycles. The van der Waals surface area contributed by atoms with Crippen LogP contribution >= 0.6 is 0 Å². The summed E-state index contributed by atoms with van der Waals surface area (Å²) in [5.74, 6) is 0.679. The van der Waals surface area contributed by atoms with Gasteiger partial charge in [-0.25, -0.2) is 13.4 Å². The third-order valence-corrected chi connectivity index (χ3v) is 4.84. The molecule has 112 valence electrons. The van der Waals surface area contributed by atoms with Gasteiger partial charge in [-0.1, -0.05) is 25.1 Å². The quantitative estimate of drug-likeness (QED) is 0.891. The summed E-state index contributed by atoms with van der Waals surface area (Å²) < 4.78 is 26.3. The van der Waals surface area contributed by atoms with Crippen LogP contribution in [-0.2, 0) is 10.0 Å². The Bertz CT molecular complexity index is 670. The number of rotatable bonds is 6. The molecule has 5 nitrogen and oxygen atoms in total. The van der Waals surface area contributed by atoms with Gasteiger partial charge in [0.1, 0.15) is 10.7 Å². The summed E-state index contributed by atoms with van der Waals surface area (Å²) >= 11 is 0. The minimum absolute atomic E-state index is 0.177. The maximum atomic E-state index is 12.5. The maximum Gasteiger partial charge on any atom is 0.265 e. The van der Waals surface area contributed by atoms with Gasteiger partial charge in [0.05, 0.1) is 5.69 Å². The Balaban J connectivity index is 2.23. The SMILES string of the molecule is CCCNc1ccc(S(=O)(=O)N(C)c2ccccc2)cn1. The fourth-order valence-corrected chi connectivity index (χ4v) is 2.97. The highest BCUT2D eigenvalue weighted by Gasteiger charge is 2.21. The molecule has 0 radical (unpaired) electrons. The first-order valence-corrected chi connectivity index (χ1v) is 8.23. The molecule has 0 atom stereocenters. The Kier molecular flexibility index (Phi) is 4.80. The summed E-state index contributed by atoms with van der Waals surface area (Å²) in [5.41, 5.74) is 0.616. The second kappa shape index (κ2) is 6.58. The molecule has 2 rings (SSSR count). The van der Waals surface area contributed by atoms with Crippen LogP contribution in [0.1, 0.15) is 13.3 Å². The van der Waals surface area contributed by atoms with Gasteiger partial charge in [0.2, 0.25) is 0 Å². The molecule has 0 aliphatic heterocycles.